The van der Waals surface area contributed by atoms with Crippen molar-refractivity contribution in [2.45, 2.75) is 60.3 Å². The molecule has 0 spiro atoms. The van der Waals surface area contributed by atoms with Crippen LogP contribution in [-0.4, -0.2) is 18.1 Å². The average Bonchev–Trinajstić information content (AvgIpc) is 2.69. The molecule has 0 aliphatic carbocycles. The summed E-state index contributed by atoms with van der Waals surface area (Å²) >= 11 is 0. The fourth-order valence-electron chi connectivity index (χ4n) is 2.56. The number of methoxy groups -OCH3 is 1. The van der Waals surface area contributed by atoms with E-state index in [2.05, 4.69) is 39.6 Å². The molecule has 0 bridgehead atoms. The summed E-state index contributed by atoms with van der Waals surface area (Å²) in [6, 6.07) is 0. The van der Waals surface area contributed by atoms with Gasteiger partial charge in [-0.05, 0) is 24.2 Å². The third kappa shape index (κ3) is 4.99. The van der Waals surface area contributed by atoms with E-state index in [0.29, 0.717) is 11.8 Å². The lowest BCUT2D eigenvalue weighted by molar-refractivity contribution is 0.0560. The molecule has 0 N–H and O–H groups in total. The van der Waals surface area contributed by atoms with Crippen molar-refractivity contribution in [2.75, 3.05) is 7.11 Å². The van der Waals surface area contributed by atoms with Gasteiger partial charge in [-0.2, -0.15) is 0 Å². The van der Waals surface area contributed by atoms with Crippen molar-refractivity contribution in [2.24, 2.45) is 11.3 Å². The minimum absolute atomic E-state index is 0.271. The first-order chi connectivity index (χ1) is 9.26. The van der Waals surface area contributed by atoms with E-state index in [0.717, 1.165) is 31.4 Å². The maximum absolute atomic E-state index is 11.7. The first-order valence-corrected chi connectivity index (χ1v) is 7.33. The fourth-order valence-corrected chi connectivity index (χ4v) is 2.56. The van der Waals surface area contributed by atoms with E-state index >= 15 is 0 Å². The normalized spacial score (nSPS) is 13.3. The zero-order chi connectivity index (χ0) is 15.3. The lowest BCUT2D eigenvalue weighted by atomic mass is 9.84. The van der Waals surface area contributed by atoms with Crippen LogP contribution in [0.2, 0.25) is 0 Å². The van der Waals surface area contributed by atoms with Crippen LogP contribution in [-0.2, 0) is 17.6 Å². The van der Waals surface area contributed by atoms with Gasteiger partial charge in [0.05, 0.1) is 12.8 Å². The number of hydrogen-bond donors (Lipinski definition) is 0. The van der Waals surface area contributed by atoms with Crippen molar-refractivity contribution in [3.05, 3.63) is 17.3 Å². The number of rotatable bonds is 6. The molecular weight excluding hydrogens is 254 g/mol. The van der Waals surface area contributed by atoms with E-state index < -0.39 is 5.97 Å². The van der Waals surface area contributed by atoms with Gasteiger partial charge in [-0.1, -0.05) is 41.0 Å². The quantitative estimate of drug-likeness (QED) is 0.739. The maximum atomic E-state index is 11.7. The zero-order valence-corrected chi connectivity index (χ0v) is 13.6. The van der Waals surface area contributed by atoms with Gasteiger partial charge >= 0.3 is 5.97 Å². The summed E-state index contributed by atoms with van der Waals surface area (Å²) in [6.45, 7) is 10.9. The van der Waals surface area contributed by atoms with E-state index in [4.69, 9.17) is 9.15 Å². The third-order valence-electron chi connectivity index (χ3n) is 3.08. The molecule has 1 atom stereocenters. The standard InChI is InChI=1S/C16H27NO3/c1-7-8-12-14(15(18)19-6)20-13(17-12)9-11(2)10-16(3,4)5/h11H,7-10H2,1-6H3. The SMILES string of the molecule is CCCc1nc(CC(C)CC(C)(C)C)oc1C(=O)OC. The van der Waals surface area contributed by atoms with Crippen LogP contribution in [0.15, 0.2) is 4.42 Å². The molecule has 0 radical (unpaired) electrons. The summed E-state index contributed by atoms with van der Waals surface area (Å²) in [6.07, 6.45) is 3.51. The molecule has 1 unspecified atom stereocenters. The Morgan fingerprint density at radius 2 is 2.05 bits per heavy atom. The zero-order valence-electron chi connectivity index (χ0n) is 13.6. The molecule has 0 aliphatic rings. The topological polar surface area (TPSA) is 52.3 Å². The smallest absolute Gasteiger partial charge is 0.375 e. The number of oxazole rings is 1. The van der Waals surface area contributed by atoms with E-state index in [9.17, 15) is 4.79 Å². The number of aryl methyl sites for hydroxylation is 1. The average molecular weight is 281 g/mol. The lowest BCUT2D eigenvalue weighted by Crippen LogP contribution is -2.12. The van der Waals surface area contributed by atoms with Crippen LogP contribution >= 0.6 is 0 Å². The number of carbonyl (C=O) groups is 1. The molecule has 0 saturated carbocycles. The molecule has 0 saturated heterocycles. The molecule has 0 aliphatic heterocycles. The first kappa shape index (κ1) is 16.7. The second-order valence-electron chi connectivity index (χ2n) is 6.70. The van der Waals surface area contributed by atoms with Crippen LogP contribution in [0.1, 0.15) is 69.6 Å². The van der Waals surface area contributed by atoms with Gasteiger partial charge in [-0.25, -0.2) is 9.78 Å². The van der Waals surface area contributed by atoms with Crippen LogP contribution in [0.25, 0.3) is 0 Å². The van der Waals surface area contributed by atoms with Gasteiger partial charge in [0, 0.05) is 6.42 Å². The highest BCUT2D eigenvalue weighted by Gasteiger charge is 2.22. The predicted octanol–water partition coefficient (Wildman–Crippen LogP) is 4.03. The maximum Gasteiger partial charge on any atom is 0.375 e. The van der Waals surface area contributed by atoms with Gasteiger partial charge in [0.15, 0.2) is 5.89 Å². The van der Waals surface area contributed by atoms with Crippen molar-refractivity contribution in [1.82, 2.24) is 4.98 Å². The summed E-state index contributed by atoms with van der Waals surface area (Å²) in [5.41, 5.74) is 1.00. The molecule has 1 rings (SSSR count). The van der Waals surface area contributed by atoms with Crippen molar-refractivity contribution in [1.29, 1.82) is 0 Å². The summed E-state index contributed by atoms with van der Waals surface area (Å²) in [4.78, 5) is 16.2. The van der Waals surface area contributed by atoms with Crippen LogP contribution in [0.4, 0.5) is 0 Å². The number of hydrogen-bond acceptors (Lipinski definition) is 4. The van der Waals surface area contributed by atoms with Gasteiger partial charge in [0.2, 0.25) is 5.76 Å². The molecule has 0 amide bonds. The molecule has 4 heteroatoms. The third-order valence-corrected chi connectivity index (χ3v) is 3.08. The minimum atomic E-state index is -0.435. The number of carbonyl (C=O) groups excluding carboxylic acids is 1. The highest BCUT2D eigenvalue weighted by Crippen LogP contribution is 2.27. The summed E-state index contributed by atoms with van der Waals surface area (Å²) in [5, 5.41) is 0. The summed E-state index contributed by atoms with van der Waals surface area (Å²) < 4.78 is 10.4. The summed E-state index contributed by atoms with van der Waals surface area (Å²) in [7, 11) is 1.36. The van der Waals surface area contributed by atoms with Crippen molar-refractivity contribution in [3.8, 4) is 0 Å². The minimum Gasteiger partial charge on any atom is -0.463 e. The Morgan fingerprint density at radius 1 is 1.40 bits per heavy atom. The number of nitrogens with zero attached hydrogens (tertiary/aromatic N) is 1. The second kappa shape index (κ2) is 6.91. The fraction of sp³-hybridized carbons (Fsp3) is 0.750. The van der Waals surface area contributed by atoms with Gasteiger partial charge in [0.1, 0.15) is 0 Å². The Hall–Kier alpha value is -1.32. The van der Waals surface area contributed by atoms with Crippen LogP contribution in [0, 0.1) is 11.3 Å². The van der Waals surface area contributed by atoms with Gasteiger partial charge in [0.25, 0.3) is 0 Å². The Balaban J connectivity index is 2.83. The molecular formula is C16H27NO3. The van der Waals surface area contributed by atoms with Gasteiger partial charge in [-0.3, -0.25) is 0 Å². The molecule has 0 aromatic carbocycles. The highest BCUT2D eigenvalue weighted by atomic mass is 16.5. The van der Waals surface area contributed by atoms with E-state index in [1.165, 1.54) is 7.11 Å². The Labute approximate surface area is 121 Å². The summed E-state index contributed by atoms with van der Waals surface area (Å²) in [5.74, 6) is 0.946. The Bertz CT molecular complexity index is 443. The lowest BCUT2D eigenvalue weighted by Gasteiger charge is -2.22. The van der Waals surface area contributed by atoms with Crippen molar-refractivity contribution in [3.63, 3.8) is 0 Å². The molecule has 1 heterocycles. The molecule has 20 heavy (non-hydrogen) atoms. The number of aromatic nitrogens is 1. The number of esters is 1. The van der Waals surface area contributed by atoms with E-state index in [-0.39, 0.29) is 11.2 Å². The van der Waals surface area contributed by atoms with Crippen molar-refractivity contribution >= 4 is 5.97 Å². The largest absolute Gasteiger partial charge is 0.463 e. The van der Waals surface area contributed by atoms with E-state index in [1.54, 1.807) is 0 Å². The first-order valence-electron chi connectivity index (χ1n) is 7.33. The molecule has 114 valence electrons. The second-order valence-corrected chi connectivity index (χ2v) is 6.70. The predicted molar refractivity (Wildman–Crippen MR) is 78.8 cm³/mol. The Kier molecular flexibility index (Phi) is 5.78. The van der Waals surface area contributed by atoms with Gasteiger partial charge in [-0.15, -0.1) is 0 Å². The highest BCUT2D eigenvalue weighted by molar-refractivity contribution is 5.87. The molecule has 0 fully saturated rings. The molecule has 4 nitrogen and oxygen atoms in total. The number of ether oxygens (including phenoxy) is 1. The molecule has 1 aromatic heterocycles. The van der Waals surface area contributed by atoms with E-state index in [1.807, 2.05) is 0 Å². The van der Waals surface area contributed by atoms with Gasteiger partial charge < -0.3 is 9.15 Å². The van der Waals surface area contributed by atoms with Crippen LogP contribution in [0.3, 0.4) is 0 Å². The van der Waals surface area contributed by atoms with Crippen LogP contribution < -0.4 is 0 Å². The monoisotopic (exact) mass is 281 g/mol. The molecule has 1 aromatic rings. The van der Waals surface area contributed by atoms with Crippen LogP contribution in [0.5, 0.6) is 0 Å². The Morgan fingerprint density at radius 3 is 2.55 bits per heavy atom. The van der Waals surface area contributed by atoms with Crippen molar-refractivity contribution < 1.29 is 13.9 Å².